The molecule has 0 amide bonds. The van der Waals surface area contributed by atoms with Crippen LogP contribution in [-0.2, 0) is 6.18 Å². The second-order valence-corrected chi connectivity index (χ2v) is 7.04. The summed E-state index contributed by atoms with van der Waals surface area (Å²) >= 11 is 0. The molecule has 11 heteroatoms. The number of nitrogens with one attached hydrogen (secondary N) is 1. The minimum absolute atomic E-state index is 0.0113. The second-order valence-electron chi connectivity index (χ2n) is 7.04. The number of fused-ring (bicyclic) bond motifs is 2. The largest absolute Gasteiger partial charge is 0.493 e. The third-order valence-corrected chi connectivity index (χ3v) is 5.08. The summed E-state index contributed by atoms with van der Waals surface area (Å²) < 4.78 is 49.0. The van der Waals surface area contributed by atoms with E-state index in [1.807, 2.05) is 0 Å². The Hall–Kier alpha value is -4.15. The van der Waals surface area contributed by atoms with Crippen LogP contribution in [0.4, 0.5) is 13.2 Å². The summed E-state index contributed by atoms with van der Waals surface area (Å²) in [7, 11) is 1.47. The highest BCUT2D eigenvalue weighted by molar-refractivity contribution is 5.81. The van der Waals surface area contributed by atoms with Crippen molar-refractivity contribution in [2.24, 2.45) is 0 Å². The molecule has 1 aromatic carbocycles. The zero-order valence-electron chi connectivity index (χ0n) is 16.8. The second kappa shape index (κ2) is 6.94. The van der Waals surface area contributed by atoms with Gasteiger partial charge in [-0.1, -0.05) is 30.3 Å². The smallest absolute Gasteiger partial charge is 0.433 e. The Labute approximate surface area is 177 Å². The van der Waals surface area contributed by atoms with Gasteiger partial charge in [-0.3, -0.25) is 9.89 Å². The van der Waals surface area contributed by atoms with Gasteiger partial charge in [-0.2, -0.15) is 17.7 Å². The molecule has 0 fully saturated rings. The molecular weight excluding hydrogens is 425 g/mol. The van der Waals surface area contributed by atoms with Crippen LogP contribution in [-0.4, -0.2) is 36.3 Å². The fourth-order valence-electron chi connectivity index (χ4n) is 3.67. The molecule has 32 heavy (non-hydrogen) atoms. The van der Waals surface area contributed by atoms with E-state index in [0.717, 1.165) is 4.52 Å². The molecule has 0 saturated carbocycles. The normalized spacial score (nSPS) is 12.0. The Kier molecular flexibility index (Phi) is 4.29. The monoisotopic (exact) mass is 440 g/mol. The number of H-pyrrole nitrogens is 1. The van der Waals surface area contributed by atoms with E-state index in [9.17, 15) is 18.0 Å². The maximum absolute atomic E-state index is 13.8. The number of aryl methyl sites for hydroxylation is 1. The van der Waals surface area contributed by atoms with E-state index in [1.165, 1.54) is 30.7 Å². The van der Waals surface area contributed by atoms with Crippen molar-refractivity contribution in [1.82, 2.24) is 29.2 Å². The third kappa shape index (κ3) is 2.93. The SMILES string of the molecule is COc1cccn2nc(-c3c(C)nc4c(-c5ccccc5)c(C(F)(F)F)[nH]n4c3=O)nc12. The first-order valence-electron chi connectivity index (χ1n) is 9.47. The van der Waals surface area contributed by atoms with Crippen molar-refractivity contribution in [3.05, 3.63) is 70.4 Å². The Morgan fingerprint density at radius 2 is 1.75 bits per heavy atom. The molecular formula is C21H15F3N6O2. The van der Waals surface area contributed by atoms with Crippen molar-refractivity contribution in [1.29, 1.82) is 0 Å². The zero-order chi connectivity index (χ0) is 22.6. The molecule has 4 heterocycles. The first-order valence-corrected chi connectivity index (χ1v) is 9.47. The van der Waals surface area contributed by atoms with Gasteiger partial charge in [-0.05, 0) is 24.6 Å². The minimum atomic E-state index is -4.73. The van der Waals surface area contributed by atoms with E-state index >= 15 is 0 Å². The Morgan fingerprint density at radius 3 is 2.44 bits per heavy atom. The van der Waals surface area contributed by atoms with Crippen molar-refractivity contribution in [2.75, 3.05) is 7.11 Å². The van der Waals surface area contributed by atoms with E-state index in [4.69, 9.17) is 4.74 Å². The topological polar surface area (TPSA) is 89.6 Å². The predicted octanol–water partition coefficient (Wildman–Crippen LogP) is 3.74. The molecule has 0 atom stereocenters. The number of rotatable bonds is 3. The lowest BCUT2D eigenvalue weighted by atomic mass is 10.1. The third-order valence-electron chi connectivity index (χ3n) is 5.08. The van der Waals surface area contributed by atoms with Crippen molar-refractivity contribution in [3.8, 4) is 28.3 Å². The van der Waals surface area contributed by atoms with Gasteiger partial charge in [0.1, 0.15) is 11.3 Å². The number of halogens is 3. The summed E-state index contributed by atoms with van der Waals surface area (Å²) in [5.74, 6) is 0.465. The number of methoxy groups -OCH3 is 1. The van der Waals surface area contributed by atoms with Gasteiger partial charge in [0.2, 0.25) is 0 Å². The zero-order valence-corrected chi connectivity index (χ0v) is 16.8. The molecule has 1 N–H and O–H groups in total. The number of ether oxygens (including phenoxy) is 1. The number of benzene rings is 1. The van der Waals surface area contributed by atoms with E-state index in [1.54, 1.807) is 36.5 Å². The van der Waals surface area contributed by atoms with Crippen molar-refractivity contribution in [3.63, 3.8) is 0 Å². The number of alkyl halides is 3. The van der Waals surface area contributed by atoms with Crippen LogP contribution in [0, 0.1) is 6.92 Å². The maximum Gasteiger partial charge on any atom is 0.433 e. The minimum Gasteiger partial charge on any atom is -0.493 e. The van der Waals surface area contributed by atoms with Gasteiger partial charge in [0.25, 0.3) is 5.56 Å². The molecule has 0 aliphatic heterocycles. The molecule has 0 radical (unpaired) electrons. The molecule has 0 saturated heterocycles. The summed E-state index contributed by atoms with van der Waals surface area (Å²) in [6.07, 6.45) is -3.11. The fraction of sp³-hybridized carbons (Fsp3) is 0.143. The first kappa shape index (κ1) is 19.8. The van der Waals surface area contributed by atoms with Crippen molar-refractivity contribution < 1.29 is 17.9 Å². The predicted molar refractivity (Wildman–Crippen MR) is 110 cm³/mol. The molecule has 0 unspecified atom stereocenters. The average Bonchev–Trinajstić information content (AvgIpc) is 3.36. The Bertz CT molecular complexity index is 1530. The number of pyridine rings is 1. The number of hydrogen-bond acceptors (Lipinski definition) is 5. The van der Waals surface area contributed by atoms with Crippen LogP contribution >= 0.6 is 0 Å². The van der Waals surface area contributed by atoms with Crippen LogP contribution in [0.5, 0.6) is 5.75 Å². The van der Waals surface area contributed by atoms with E-state index in [0.29, 0.717) is 11.4 Å². The summed E-state index contributed by atoms with van der Waals surface area (Å²) in [6.45, 7) is 1.54. The number of nitrogens with zero attached hydrogens (tertiary/aromatic N) is 5. The molecule has 5 rings (SSSR count). The first-order chi connectivity index (χ1) is 15.3. The summed E-state index contributed by atoms with van der Waals surface area (Å²) in [5, 5.41) is 6.49. The maximum atomic E-state index is 13.8. The van der Waals surface area contributed by atoms with Crippen LogP contribution in [0.3, 0.4) is 0 Å². The standard InChI is InChI=1S/C21H15F3N6O2/c1-11-14(17-26-18-13(32-2)9-6-10-29(18)28-17)20(31)30-19(25-11)15(12-7-4-3-5-8-12)16(27-30)21(22,23)24/h3-10,27H,1-2H3. The number of aromatic amines is 1. The van der Waals surface area contributed by atoms with Gasteiger partial charge in [-0.15, -0.1) is 5.10 Å². The Morgan fingerprint density at radius 1 is 1.00 bits per heavy atom. The van der Waals surface area contributed by atoms with Crippen LogP contribution < -0.4 is 10.3 Å². The average molecular weight is 440 g/mol. The number of hydrogen-bond donors (Lipinski definition) is 1. The number of aromatic nitrogens is 6. The van der Waals surface area contributed by atoms with Gasteiger partial charge >= 0.3 is 6.18 Å². The van der Waals surface area contributed by atoms with Crippen LogP contribution in [0.1, 0.15) is 11.4 Å². The van der Waals surface area contributed by atoms with Gasteiger partial charge in [0.15, 0.2) is 22.9 Å². The molecule has 0 bridgehead atoms. The van der Waals surface area contributed by atoms with E-state index in [-0.39, 0.29) is 33.9 Å². The van der Waals surface area contributed by atoms with E-state index in [2.05, 4.69) is 20.2 Å². The Balaban J connectivity index is 1.82. The van der Waals surface area contributed by atoms with Crippen molar-refractivity contribution >= 4 is 11.3 Å². The lowest BCUT2D eigenvalue weighted by Crippen LogP contribution is -2.20. The highest BCUT2D eigenvalue weighted by atomic mass is 19.4. The van der Waals surface area contributed by atoms with Gasteiger partial charge in [0, 0.05) is 6.20 Å². The van der Waals surface area contributed by atoms with Crippen LogP contribution in [0.2, 0.25) is 0 Å². The fourth-order valence-corrected chi connectivity index (χ4v) is 3.67. The highest BCUT2D eigenvalue weighted by Gasteiger charge is 2.38. The molecule has 0 aliphatic rings. The summed E-state index contributed by atoms with van der Waals surface area (Å²) in [4.78, 5) is 22.0. The van der Waals surface area contributed by atoms with E-state index < -0.39 is 17.4 Å². The van der Waals surface area contributed by atoms with Crippen molar-refractivity contribution in [2.45, 2.75) is 13.1 Å². The van der Waals surface area contributed by atoms with Crippen LogP contribution in [0.25, 0.3) is 33.8 Å². The summed E-state index contributed by atoms with van der Waals surface area (Å²) in [6, 6.07) is 11.4. The molecule has 162 valence electrons. The van der Waals surface area contributed by atoms with Gasteiger partial charge in [-0.25, -0.2) is 14.5 Å². The molecule has 0 spiro atoms. The lowest BCUT2D eigenvalue weighted by molar-refractivity contribution is -0.140. The van der Waals surface area contributed by atoms with Gasteiger partial charge in [0.05, 0.1) is 18.4 Å². The highest BCUT2D eigenvalue weighted by Crippen LogP contribution is 2.38. The molecule has 4 aromatic heterocycles. The summed E-state index contributed by atoms with van der Waals surface area (Å²) in [5.41, 5.74) is -1.29. The molecule has 0 aliphatic carbocycles. The van der Waals surface area contributed by atoms with Gasteiger partial charge < -0.3 is 4.74 Å². The van der Waals surface area contributed by atoms with Crippen LogP contribution in [0.15, 0.2) is 53.5 Å². The molecule has 5 aromatic rings. The quantitative estimate of drug-likeness (QED) is 0.462. The lowest BCUT2D eigenvalue weighted by Gasteiger charge is -2.07. The molecule has 8 nitrogen and oxygen atoms in total.